The second-order valence-electron chi connectivity index (χ2n) is 2.01. The molecule has 1 aromatic carbocycles. The highest BCUT2D eigenvalue weighted by Gasteiger charge is 1.98. The zero-order valence-corrected chi connectivity index (χ0v) is 8.16. The Hall–Kier alpha value is -0.580. The van der Waals surface area contributed by atoms with Crippen molar-refractivity contribution < 1.29 is 9.53 Å². The van der Waals surface area contributed by atoms with Gasteiger partial charge in [0.2, 0.25) is 0 Å². The maximum absolute atomic E-state index is 10.3. The molecule has 0 bridgehead atoms. The summed E-state index contributed by atoms with van der Waals surface area (Å²) in [6, 6.07) is 5.30. The van der Waals surface area contributed by atoms with Gasteiger partial charge < -0.3 is 4.74 Å². The maximum Gasteiger partial charge on any atom is 0.150 e. The fraction of sp³-hybridized carbons (Fsp3) is 0.125. The van der Waals surface area contributed by atoms with Crippen LogP contribution < -0.4 is 4.74 Å². The van der Waals surface area contributed by atoms with Gasteiger partial charge in [-0.2, -0.15) is 0 Å². The molecule has 0 aliphatic carbocycles. The second kappa shape index (κ2) is 3.71. The van der Waals surface area contributed by atoms with Crippen LogP contribution in [-0.2, 0) is 0 Å². The summed E-state index contributed by atoms with van der Waals surface area (Å²) in [6.45, 7) is 0. The lowest BCUT2D eigenvalue weighted by Crippen LogP contribution is -1.88. The third-order valence-electron chi connectivity index (χ3n) is 1.31. The summed E-state index contributed by atoms with van der Waals surface area (Å²) in [5.41, 5.74) is 0.676. The van der Waals surface area contributed by atoms with E-state index >= 15 is 0 Å². The molecule has 0 amide bonds. The van der Waals surface area contributed by atoms with E-state index < -0.39 is 0 Å². The van der Waals surface area contributed by atoms with Crippen molar-refractivity contribution in [3.8, 4) is 5.75 Å². The number of methoxy groups -OCH3 is 1. The standard InChI is InChI=1S/C8H7IO2/c1-11-8-3-2-6(5-10)4-7(8)9/h2-5H,1H3. The quantitative estimate of drug-likeness (QED) is 0.602. The van der Waals surface area contributed by atoms with Gasteiger partial charge in [-0.25, -0.2) is 0 Å². The predicted octanol–water partition coefficient (Wildman–Crippen LogP) is 2.11. The molecular weight excluding hydrogens is 255 g/mol. The minimum Gasteiger partial charge on any atom is -0.496 e. The molecule has 0 saturated carbocycles. The molecule has 0 atom stereocenters. The lowest BCUT2D eigenvalue weighted by Gasteiger charge is -2.01. The molecule has 0 heterocycles. The first-order valence-electron chi connectivity index (χ1n) is 3.06. The number of aldehydes is 1. The SMILES string of the molecule is COc1ccc(C=O)cc1I. The predicted molar refractivity (Wildman–Crippen MR) is 51.1 cm³/mol. The molecule has 3 heteroatoms. The van der Waals surface area contributed by atoms with Gasteiger partial charge in [-0.3, -0.25) is 4.79 Å². The monoisotopic (exact) mass is 262 g/mol. The Labute approximate surface area is 78.7 Å². The number of ether oxygens (including phenoxy) is 1. The van der Waals surface area contributed by atoms with E-state index in [4.69, 9.17) is 4.74 Å². The topological polar surface area (TPSA) is 26.3 Å². The summed E-state index contributed by atoms with van der Waals surface area (Å²) < 4.78 is 5.97. The van der Waals surface area contributed by atoms with E-state index in [1.807, 2.05) is 0 Å². The fourth-order valence-corrected chi connectivity index (χ4v) is 1.52. The van der Waals surface area contributed by atoms with Gasteiger partial charge in [0.25, 0.3) is 0 Å². The molecule has 0 saturated heterocycles. The smallest absolute Gasteiger partial charge is 0.150 e. The number of benzene rings is 1. The first-order valence-corrected chi connectivity index (χ1v) is 4.14. The normalized spacial score (nSPS) is 9.27. The van der Waals surface area contributed by atoms with Crippen molar-refractivity contribution in [1.82, 2.24) is 0 Å². The summed E-state index contributed by atoms with van der Waals surface area (Å²) in [6.07, 6.45) is 0.821. The highest BCUT2D eigenvalue weighted by atomic mass is 127. The molecule has 0 aliphatic heterocycles. The Morgan fingerprint density at radius 3 is 2.73 bits per heavy atom. The highest BCUT2D eigenvalue weighted by Crippen LogP contribution is 2.20. The van der Waals surface area contributed by atoms with Gasteiger partial charge in [-0.15, -0.1) is 0 Å². The van der Waals surface area contributed by atoms with Crippen LogP contribution >= 0.6 is 22.6 Å². The average Bonchev–Trinajstić information content (AvgIpc) is 2.04. The number of carbonyl (C=O) groups excluding carboxylic acids is 1. The molecule has 11 heavy (non-hydrogen) atoms. The fourth-order valence-electron chi connectivity index (χ4n) is 0.756. The molecule has 0 fully saturated rings. The van der Waals surface area contributed by atoms with Crippen molar-refractivity contribution in [2.75, 3.05) is 7.11 Å². The summed E-state index contributed by atoms with van der Waals surface area (Å²) >= 11 is 2.13. The van der Waals surface area contributed by atoms with Crippen molar-refractivity contribution >= 4 is 28.9 Å². The molecule has 0 N–H and O–H groups in total. The molecule has 0 unspecified atom stereocenters. The van der Waals surface area contributed by atoms with E-state index in [9.17, 15) is 4.79 Å². The highest BCUT2D eigenvalue weighted by molar-refractivity contribution is 14.1. The number of rotatable bonds is 2. The van der Waals surface area contributed by atoms with Gasteiger partial charge in [0.1, 0.15) is 12.0 Å². The molecule has 1 rings (SSSR count). The third kappa shape index (κ3) is 1.92. The molecule has 0 radical (unpaired) electrons. The second-order valence-corrected chi connectivity index (χ2v) is 3.17. The van der Waals surface area contributed by atoms with E-state index in [0.29, 0.717) is 5.56 Å². The number of hydrogen-bond donors (Lipinski definition) is 0. The minimum absolute atomic E-state index is 0.676. The summed E-state index contributed by atoms with van der Waals surface area (Å²) in [7, 11) is 1.61. The van der Waals surface area contributed by atoms with Crippen LogP contribution in [0.4, 0.5) is 0 Å². The summed E-state index contributed by atoms with van der Waals surface area (Å²) in [5, 5.41) is 0. The molecule has 0 aromatic heterocycles. The van der Waals surface area contributed by atoms with Gasteiger partial charge in [-0.1, -0.05) is 0 Å². The van der Waals surface area contributed by atoms with Gasteiger partial charge >= 0.3 is 0 Å². The Kier molecular flexibility index (Phi) is 2.87. The zero-order chi connectivity index (χ0) is 8.27. The van der Waals surface area contributed by atoms with Gasteiger partial charge in [0, 0.05) is 5.56 Å². The molecule has 1 aromatic rings. The molecule has 2 nitrogen and oxygen atoms in total. The molecule has 0 spiro atoms. The Morgan fingerprint density at radius 1 is 1.55 bits per heavy atom. The van der Waals surface area contributed by atoms with Gasteiger partial charge in [-0.05, 0) is 40.8 Å². The number of hydrogen-bond acceptors (Lipinski definition) is 2. The van der Waals surface area contributed by atoms with Gasteiger partial charge in [0.05, 0.1) is 10.7 Å². The van der Waals surface area contributed by atoms with Crippen molar-refractivity contribution in [3.63, 3.8) is 0 Å². The van der Waals surface area contributed by atoms with Crippen LogP contribution in [0.25, 0.3) is 0 Å². The van der Waals surface area contributed by atoms with Crippen LogP contribution in [0.15, 0.2) is 18.2 Å². The van der Waals surface area contributed by atoms with Crippen molar-refractivity contribution in [2.45, 2.75) is 0 Å². The third-order valence-corrected chi connectivity index (χ3v) is 2.15. The van der Waals surface area contributed by atoms with Crippen molar-refractivity contribution in [1.29, 1.82) is 0 Å². The van der Waals surface area contributed by atoms with E-state index in [-0.39, 0.29) is 0 Å². The number of carbonyl (C=O) groups is 1. The summed E-state index contributed by atoms with van der Waals surface area (Å²) in [4.78, 5) is 10.3. The first kappa shape index (κ1) is 8.52. The Morgan fingerprint density at radius 2 is 2.27 bits per heavy atom. The number of halogens is 1. The molecular formula is C8H7IO2. The maximum atomic E-state index is 10.3. The van der Waals surface area contributed by atoms with Crippen LogP contribution in [0, 0.1) is 3.57 Å². The Bertz CT molecular complexity index is 271. The average molecular weight is 262 g/mol. The van der Waals surface area contributed by atoms with E-state index in [1.165, 1.54) is 0 Å². The van der Waals surface area contributed by atoms with Gasteiger partial charge in [0.15, 0.2) is 0 Å². The van der Waals surface area contributed by atoms with E-state index in [1.54, 1.807) is 25.3 Å². The van der Waals surface area contributed by atoms with Crippen LogP contribution in [0.3, 0.4) is 0 Å². The lowest BCUT2D eigenvalue weighted by molar-refractivity contribution is 0.112. The molecule has 58 valence electrons. The van der Waals surface area contributed by atoms with Crippen LogP contribution in [-0.4, -0.2) is 13.4 Å². The van der Waals surface area contributed by atoms with Crippen LogP contribution in [0.1, 0.15) is 10.4 Å². The summed E-state index contributed by atoms with van der Waals surface area (Å²) in [5.74, 6) is 0.802. The van der Waals surface area contributed by atoms with Crippen molar-refractivity contribution in [3.05, 3.63) is 27.3 Å². The zero-order valence-electron chi connectivity index (χ0n) is 6.00. The minimum atomic E-state index is 0.676. The van der Waals surface area contributed by atoms with Crippen LogP contribution in [0.5, 0.6) is 5.75 Å². The first-order chi connectivity index (χ1) is 5.27. The van der Waals surface area contributed by atoms with E-state index in [0.717, 1.165) is 15.6 Å². The Balaban J connectivity index is 3.09. The lowest BCUT2D eigenvalue weighted by atomic mass is 10.2. The van der Waals surface area contributed by atoms with Crippen LogP contribution in [0.2, 0.25) is 0 Å². The van der Waals surface area contributed by atoms with Crippen molar-refractivity contribution in [2.24, 2.45) is 0 Å². The molecule has 0 aliphatic rings. The largest absolute Gasteiger partial charge is 0.496 e. The van der Waals surface area contributed by atoms with E-state index in [2.05, 4.69) is 22.6 Å².